The number of ether oxygens (including phenoxy) is 3. The molecule has 3 atom stereocenters. The van der Waals surface area contributed by atoms with E-state index in [1.807, 2.05) is 66.7 Å². The summed E-state index contributed by atoms with van der Waals surface area (Å²) in [4.78, 5) is 4.04. The number of aromatic nitrogens is 3. The van der Waals surface area contributed by atoms with Gasteiger partial charge in [-0.3, -0.25) is 0 Å². The lowest BCUT2D eigenvalue weighted by atomic mass is 9.96. The van der Waals surface area contributed by atoms with Crippen LogP contribution in [0.5, 0.6) is 0 Å². The van der Waals surface area contributed by atoms with Gasteiger partial charge in [0.25, 0.3) is 0 Å². The Morgan fingerprint density at radius 1 is 1.03 bits per heavy atom. The summed E-state index contributed by atoms with van der Waals surface area (Å²) >= 11 is 0. The lowest BCUT2D eigenvalue weighted by molar-refractivity contribution is -0.0869. The van der Waals surface area contributed by atoms with E-state index in [1.54, 1.807) is 10.6 Å². The molecule has 0 amide bonds. The first-order chi connectivity index (χ1) is 16.7. The fraction of sp³-hybridized carbons (Fsp3) is 0.269. The fourth-order valence-electron chi connectivity index (χ4n) is 4.30. The van der Waals surface area contributed by atoms with Crippen molar-refractivity contribution in [2.45, 2.75) is 37.4 Å². The predicted octanol–water partition coefficient (Wildman–Crippen LogP) is 3.62. The Morgan fingerprint density at radius 2 is 1.74 bits per heavy atom. The van der Waals surface area contributed by atoms with E-state index in [2.05, 4.69) is 16.2 Å². The molecular weight excluding hydrogens is 430 g/mol. The molecule has 1 saturated heterocycles. The number of nitrogens with zero attached hydrogens (tertiary/aromatic N) is 4. The van der Waals surface area contributed by atoms with Crippen molar-refractivity contribution in [3.8, 4) is 6.07 Å². The number of nitrogen functional groups attached to an aromatic ring is 1. The minimum absolute atomic E-state index is 0.290. The zero-order valence-corrected chi connectivity index (χ0v) is 18.6. The van der Waals surface area contributed by atoms with E-state index in [0.29, 0.717) is 36.7 Å². The van der Waals surface area contributed by atoms with Crippen LogP contribution in [0.15, 0.2) is 79.1 Å². The van der Waals surface area contributed by atoms with Crippen molar-refractivity contribution >= 4 is 11.3 Å². The molecular formula is C26H25N5O3. The summed E-state index contributed by atoms with van der Waals surface area (Å²) in [6.45, 7) is 1.15. The average molecular weight is 456 g/mol. The zero-order valence-electron chi connectivity index (χ0n) is 18.6. The Balaban J connectivity index is 1.39. The van der Waals surface area contributed by atoms with E-state index in [-0.39, 0.29) is 12.7 Å². The summed E-state index contributed by atoms with van der Waals surface area (Å²) in [6, 6.07) is 25.9. The van der Waals surface area contributed by atoms with Crippen molar-refractivity contribution in [3.63, 3.8) is 0 Å². The SMILES string of the molecule is N#CC1(c2ccc3c(N)ncnn23)C[C@H](OCc2ccccc2)[C@@H](COCc2ccccc2)O1. The third-order valence-electron chi connectivity index (χ3n) is 6.03. The summed E-state index contributed by atoms with van der Waals surface area (Å²) in [5.74, 6) is 0.340. The first-order valence-electron chi connectivity index (χ1n) is 11.1. The van der Waals surface area contributed by atoms with Crippen molar-refractivity contribution in [3.05, 3.63) is 95.9 Å². The minimum atomic E-state index is -1.25. The molecule has 3 heterocycles. The van der Waals surface area contributed by atoms with Crippen LogP contribution < -0.4 is 5.73 Å². The largest absolute Gasteiger partial charge is 0.382 e. The molecule has 8 nitrogen and oxygen atoms in total. The third kappa shape index (κ3) is 4.37. The highest BCUT2D eigenvalue weighted by Gasteiger charge is 2.50. The number of nitrogens with two attached hydrogens (primary N) is 1. The molecule has 0 aliphatic carbocycles. The highest BCUT2D eigenvalue weighted by Crippen LogP contribution is 2.41. The lowest BCUT2D eigenvalue weighted by Crippen LogP contribution is -2.30. The van der Waals surface area contributed by atoms with Gasteiger partial charge in [0.2, 0.25) is 0 Å². The van der Waals surface area contributed by atoms with Gasteiger partial charge in [-0.15, -0.1) is 0 Å². The number of hydrogen-bond acceptors (Lipinski definition) is 7. The van der Waals surface area contributed by atoms with Gasteiger partial charge in [-0.2, -0.15) is 10.4 Å². The van der Waals surface area contributed by atoms with Crippen molar-refractivity contribution in [1.82, 2.24) is 14.6 Å². The van der Waals surface area contributed by atoms with Gasteiger partial charge in [0, 0.05) is 6.42 Å². The molecule has 2 aromatic heterocycles. The predicted molar refractivity (Wildman–Crippen MR) is 125 cm³/mol. The molecule has 2 N–H and O–H groups in total. The molecule has 1 fully saturated rings. The molecule has 0 bridgehead atoms. The molecule has 4 aromatic rings. The zero-order chi connectivity index (χ0) is 23.4. The molecule has 1 aliphatic heterocycles. The topological polar surface area (TPSA) is 108 Å². The Hall–Kier alpha value is -3.77. The van der Waals surface area contributed by atoms with Crippen LogP contribution >= 0.6 is 0 Å². The molecule has 5 rings (SSSR count). The van der Waals surface area contributed by atoms with Gasteiger partial charge >= 0.3 is 0 Å². The summed E-state index contributed by atoms with van der Waals surface area (Å²) in [6.07, 6.45) is 0.929. The second-order valence-electron chi connectivity index (χ2n) is 8.30. The van der Waals surface area contributed by atoms with Crippen LogP contribution in [0.25, 0.3) is 5.52 Å². The van der Waals surface area contributed by atoms with Crippen molar-refractivity contribution in [2.75, 3.05) is 12.3 Å². The monoisotopic (exact) mass is 455 g/mol. The van der Waals surface area contributed by atoms with Gasteiger partial charge in [-0.1, -0.05) is 60.7 Å². The molecule has 34 heavy (non-hydrogen) atoms. The van der Waals surface area contributed by atoms with E-state index < -0.39 is 11.7 Å². The van der Waals surface area contributed by atoms with Gasteiger partial charge in [0.05, 0.1) is 31.6 Å². The average Bonchev–Trinajstić information content (AvgIpc) is 3.47. The number of benzene rings is 2. The maximum atomic E-state index is 10.3. The van der Waals surface area contributed by atoms with Gasteiger partial charge in [-0.05, 0) is 23.3 Å². The molecule has 0 saturated carbocycles. The van der Waals surface area contributed by atoms with Crippen LogP contribution in [0.2, 0.25) is 0 Å². The molecule has 2 aromatic carbocycles. The van der Waals surface area contributed by atoms with Crippen LogP contribution in [-0.4, -0.2) is 33.4 Å². The molecule has 1 aliphatic rings. The van der Waals surface area contributed by atoms with Crippen LogP contribution in [0.3, 0.4) is 0 Å². The van der Waals surface area contributed by atoms with E-state index in [9.17, 15) is 5.26 Å². The Kier molecular flexibility index (Phi) is 6.23. The summed E-state index contributed by atoms with van der Waals surface area (Å²) in [5, 5.41) is 14.6. The van der Waals surface area contributed by atoms with Crippen LogP contribution in [0.1, 0.15) is 23.2 Å². The normalized spacial score (nSPS) is 22.1. The quantitative estimate of drug-likeness (QED) is 0.432. The Bertz CT molecular complexity index is 1290. The molecule has 1 unspecified atom stereocenters. The van der Waals surface area contributed by atoms with Gasteiger partial charge in [0.1, 0.15) is 24.0 Å². The summed E-state index contributed by atoms with van der Waals surface area (Å²) < 4.78 is 20.3. The number of fused-ring (bicyclic) bond motifs is 1. The molecule has 8 heteroatoms. The van der Waals surface area contributed by atoms with Crippen LogP contribution in [-0.2, 0) is 33.0 Å². The van der Waals surface area contributed by atoms with Crippen LogP contribution in [0, 0.1) is 11.3 Å². The third-order valence-corrected chi connectivity index (χ3v) is 6.03. The van der Waals surface area contributed by atoms with E-state index in [1.165, 1.54) is 6.33 Å². The second-order valence-corrected chi connectivity index (χ2v) is 8.30. The standard InChI is InChI=1S/C26H25N5O3/c27-17-26(24-12-11-21-25(28)29-18-30-31(21)24)13-22(33-15-20-9-5-2-6-10-20)23(34-26)16-32-14-19-7-3-1-4-8-19/h1-12,18,22-23H,13-16H2,(H2,28,29,30)/t22-,23+,26?/m0/s1. The molecule has 0 spiro atoms. The second kappa shape index (κ2) is 9.61. The van der Waals surface area contributed by atoms with E-state index in [0.717, 1.165) is 11.1 Å². The maximum Gasteiger partial charge on any atom is 0.199 e. The van der Waals surface area contributed by atoms with E-state index >= 15 is 0 Å². The Morgan fingerprint density at radius 3 is 2.44 bits per heavy atom. The van der Waals surface area contributed by atoms with Crippen LogP contribution in [0.4, 0.5) is 5.82 Å². The van der Waals surface area contributed by atoms with Crippen molar-refractivity contribution < 1.29 is 14.2 Å². The van der Waals surface area contributed by atoms with Crippen molar-refractivity contribution in [2.24, 2.45) is 0 Å². The summed E-state index contributed by atoms with van der Waals surface area (Å²) in [5.41, 5.74) is 8.09. The number of rotatable bonds is 8. The number of hydrogen-bond donors (Lipinski definition) is 1. The molecule has 0 radical (unpaired) electrons. The lowest BCUT2D eigenvalue weighted by Gasteiger charge is -2.21. The maximum absolute atomic E-state index is 10.3. The fourth-order valence-corrected chi connectivity index (χ4v) is 4.30. The Labute approximate surface area is 197 Å². The van der Waals surface area contributed by atoms with Gasteiger partial charge in [0.15, 0.2) is 11.4 Å². The smallest absolute Gasteiger partial charge is 0.199 e. The number of nitriles is 1. The van der Waals surface area contributed by atoms with Crippen molar-refractivity contribution in [1.29, 1.82) is 5.26 Å². The van der Waals surface area contributed by atoms with Gasteiger partial charge in [-0.25, -0.2) is 9.50 Å². The van der Waals surface area contributed by atoms with E-state index in [4.69, 9.17) is 19.9 Å². The van der Waals surface area contributed by atoms with Gasteiger partial charge < -0.3 is 19.9 Å². The highest BCUT2D eigenvalue weighted by atomic mass is 16.6. The first-order valence-corrected chi connectivity index (χ1v) is 11.1. The summed E-state index contributed by atoms with van der Waals surface area (Å²) in [7, 11) is 0. The first kappa shape index (κ1) is 22.0. The number of anilines is 1. The molecule has 172 valence electrons. The highest BCUT2D eigenvalue weighted by molar-refractivity contribution is 5.66. The minimum Gasteiger partial charge on any atom is -0.382 e.